The van der Waals surface area contributed by atoms with E-state index in [1.807, 2.05) is 0 Å². The summed E-state index contributed by atoms with van der Waals surface area (Å²) in [5.74, 6) is 2.96. The average molecular weight is 250 g/mol. The lowest BCUT2D eigenvalue weighted by Crippen LogP contribution is -2.46. The highest BCUT2D eigenvalue weighted by atomic mass is 15.2. The van der Waals surface area contributed by atoms with Gasteiger partial charge in [-0.25, -0.2) is 0 Å². The molecule has 0 aromatic heterocycles. The molecule has 1 aliphatic heterocycles. The van der Waals surface area contributed by atoms with Crippen molar-refractivity contribution in [3.8, 4) is 0 Å². The Bertz CT molecular complexity index is 278. The average Bonchev–Trinajstić information content (AvgIpc) is 3.01. The number of nitrogens with one attached hydrogen (secondary N) is 1. The maximum atomic E-state index is 3.59. The minimum absolute atomic E-state index is 0.784. The normalized spacial score (nSPS) is 44.7. The Morgan fingerprint density at radius 1 is 1.11 bits per heavy atom. The Hall–Kier alpha value is -0.0800. The summed E-state index contributed by atoms with van der Waals surface area (Å²) < 4.78 is 0. The second kappa shape index (κ2) is 5.50. The quantitative estimate of drug-likeness (QED) is 0.825. The van der Waals surface area contributed by atoms with E-state index in [9.17, 15) is 0 Å². The highest BCUT2D eigenvalue weighted by Gasteiger charge is 2.40. The third kappa shape index (κ3) is 2.46. The standard InChI is InChI=1S/C16H30N2/c1-3-12-5-7-16(17-2)14(8-12)11-18-10-13-4-6-15(18)9-13/h12-17H,3-11H2,1-2H3. The van der Waals surface area contributed by atoms with Gasteiger partial charge in [0, 0.05) is 25.2 Å². The molecule has 3 aliphatic rings. The van der Waals surface area contributed by atoms with Gasteiger partial charge < -0.3 is 5.32 Å². The molecule has 1 N–H and O–H groups in total. The van der Waals surface area contributed by atoms with Gasteiger partial charge in [0.15, 0.2) is 0 Å². The number of rotatable bonds is 4. The van der Waals surface area contributed by atoms with Crippen LogP contribution in [0.2, 0.25) is 0 Å². The largest absolute Gasteiger partial charge is 0.317 e. The van der Waals surface area contributed by atoms with Crippen molar-refractivity contribution >= 4 is 0 Å². The van der Waals surface area contributed by atoms with Gasteiger partial charge in [0.2, 0.25) is 0 Å². The first-order valence-electron chi connectivity index (χ1n) is 8.21. The van der Waals surface area contributed by atoms with Crippen LogP contribution < -0.4 is 5.32 Å². The number of fused-ring (bicyclic) bond motifs is 2. The summed E-state index contributed by atoms with van der Waals surface area (Å²) in [6.07, 6.45) is 10.2. The van der Waals surface area contributed by atoms with Crippen molar-refractivity contribution in [2.24, 2.45) is 17.8 Å². The molecule has 0 aromatic carbocycles. The summed E-state index contributed by atoms with van der Waals surface area (Å²) in [5.41, 5.74) is 0. The molecule has 5 atom stereocenters. The lowest BCUT2D eigenvalue weighted by molar-refractivity contribution is 0.120. The Morgan fingerprint density at radius 3 is 2.61 bits per heavy atom. The fourth-order valence-corrected chi connectivity index (χ4v) is 4.87. The molecule has 5 unspecified atom stereocenters. The fourth-order valence-electron chi connectivity index (χ4n) is 4.87. The lowest BCUT2D eigenvalue weighted by Gasteiger charge is -2.40. The van der Waals surface area contributed by atoms with Gasteiger partial charge in [-0.1, -0.05) is 13.3 Å². The molecule has 2 bridgehead atoms. The summed E-state index contributed by atoms with van der Waals surface area (Å²) in [6, 6.07) is 1.74. The SMILES string of the molecule is CCC1CCC(NC)C(CN2CC3CCC2C3)C1. The Balaban J connectivity index is 1.58. The number of nitrogens with zero attached hydrogens (tertiary/aromatic N) is 1. The highest BCUT2D eigenvalue weighted by molar-refractivity contribution is 4.95. The first-order chi connectivity index (χ1) is 8.80. The molecule has 2 aliphatic carbocycles. The van der Waals surface area contributed by atoms with Crippen molar-refractivity contribution in [2.75, 3.05) is 20.1 Å². The van der Waals surface area contributed by atoms with Crippen molar-refractivity contribution in [1.82, 2.24) is 10.2 Å². The molecule has 3 fully saturated rings. The van der Waals surface area contributed by atoms with Gasteiger partial charge in [0.25, 0.3) is 0 Å². The van der Waals surface area contributed by atoms with Crippen LogP contribution >= 0.6 is 0 Å². The first-order valence-corrected chi connectivity index (χ1v) is 8.21. The Morgan fingerprint density at radius 2 is 2.00 bits per heavy atom. The molecule has 104 valence electrons. The van der Waals surface area contributed by atoms with Gasteiger partial charge in [-0.05, 0) is 63.3 Å². The maximum Gasteiger partial charge on any atom is 0.0105 e. The number of likely N-dealkylation sites (tertiary alicyclic amines) is 1. The Labute approximate surface area is 113 Å². The molecule has 1 heterocycles. The molecule has 2 saturated carbocycles. The van der Waals surface area contributed by atoms with E-state index >= 15 is 0 Å². The third-order valence-corrected chi connectivity index (χ3v) is 6.03. The van der Waals surface area contributed by atoms with Gasteiger partial charge in [-0.2, -0.15) is 0 Å². The predicted molar refractivity (Wildman–Crippen MR) is 76.7 cm³/mol. The third-order valence-electron chi connectivity index (χ3n) is 6.03. The van der Waals surface area contributed by atoms with Crippen molar-refractivity contribution in [3.63, 3.8) is 0 Å². The summed E-state index contributed by atoms with van der Waals surface area (Å²) >= 11 is 0. The van der Waals surface area contributed by atoms with Crippen LogP contribution in [0.5, 0.6) is 0 Å². The van der Waals surface area contributed by atoms with Gasteiger partial charge >= 0.3 is 0 Å². The van der Waals surface area contributed by atoms with Gasteiger partial charge in [0.05, 0.1) is 0 Å². The molecular formula is C16H30N2. The summed E-state index contributed by atoms with van der Waals surface area (Å²) in [7, 11) is 2.17. The minimum Gasteiger partial charge on any atom is -0.317 e. The van der Waals surface area contributed by atoms with Crippen LogP contribution in [0.3, 0.4) is 0 Å². The topological polar surface area (TPSA) is 15.3 Å². The molecule has 3 rings (SSSR count). The summed E-state index contributed by atoms with van der Waals surface area (Å²) in [5, 5.41) is 3.59. The molecule has 2 nitrogen and oxygen atoms in total. The fraction of sp³-hybridized carbons (Fsp3) is 1.00. The summed E-state index contributed by atoms with van der Waals surface area (Å²) in [6.45, 7) is 5.16. The molecule has 18 heavy (non-hydrogen) atoms. The molecule has 1 saturated heterocycles. The number of hydrogen-bond donors (Lipinski definition) is 1. The second-order valence-corrected chi connectivity index (χ2v) is 7.03. The molecule has 0 amide bonds. The van der Waals surface area contributed by atoms with Gasteiger partial charge in [-0.15, -0.1) is 0 Å². The number of piperidine rings is 1. The van der Waals surface area contributed by atoms with Gasteiger partial charge in [0.1, 0.15) is 0 Å². The predicted octanol–water partition coefficient (Wildman–Crippen LogP) is 2.89. The van der Waals surface area contributed by atoms with E-state index in [0.29, 0.717) is 0 Å². The zero-order chi connectivity index (χ0) is 12.5. The van der Waals surface area contributed by atoms with Crippen LogP contribution in [-0.4, -0.2) is 37.1 Å². The first kappa shape index (κ1) is 12.9. The van der Waals surface area contributed by atoms with E-state index < -0.39 is 0 Å². The lowest BCUT2D eigenvalue weighted by atomic mass is 9.76. The van der Waals surface area contributed by atoms with Crippen molar-refractivity contribution < 1.29 is 0 Å². The van der Waals surface area contributed by atoms with E-state index in [1.165, 1.54) is 58.0 Å². The van der Waals surface area contributed by atoms with Crippen molar-refractivity contribution in [2.45, 2.75) is 64.0 Å². The molecule has 2 heteroatoms. The molecule has 0 spiro atoms. The molecule has 0 radical (unpaired) electrons. The van der Waals surface area contributed by atoms with Crippen LogP contribution in [0.15, 0.2) is 0 Å². The monoisotopic (exact) mass is 250 g/mol. The van der Waals surface area contributed by atoms with Crippen LogP contribution in [0.25, 0.3) is 0 Å². The minimum atomic E-state index is 0.784. The second-order valence-electron chi connectivity index (χ2n) is 7.03. The zero-order valence-corrected chi connectivity index (χ0v) is 12.2. The van der Waals surface area contributed by atoms with E-state index in [-0.39, 0.29) is 0 Å². The summed E-state index contributed by atoms with van der Waals surface area (Å²) in [4.78, 5) is 2.83. The van der Waals surface area contributed by atoms with Crippen LogP contribution in [0.4, 0.5) is 0 Å². The van der Waals surface area contributed by atoms with Crippen LogP contribution in [0, 0.1) is 17.8 Å². The maximum absolute atomic E-state index is 3.59. The van der Waals surface area contributed by atoms with Gasteiger partial charge in [-0.3, -0.25) is 4.90 Å². The van der Waals surface area contributed by atoms with E-state index in [0.717, 1.165) is 29.8 Å². The Kier molecular flexibility index (Phi) is 3.95. The van der Waals surface area contributed by atoms with E-state index in [2.05, 4.69) is 24.2 Å². The van der Waals surface area contributed by atoms with Crippen molar-refractivity contribution in [1.29, 1.82) is 0 Å². The molecule has 0 aromatic rings. The van der Waals surface area contributed by atoms with E-state index in [1.54, 1.807) is 0 Å². The van der Waals surface area contributed by atoms with Crippen LogP contribution in [-0.2, 0) is 0 Å². The van der Waals surface area contributed by atoms with E-state index in [4.69, 9.17) is 0 Å². The van der Waals surface area contributed by atoms with Crippen LogP contribution in [0.1, 0.15) is 51.9 Å². The zero-order valence-electron chi connectivity index (χ0n) is 12.2. The number of hydrogen-bond acceptors (Lipinski definition) is 2. The molecular weight excluding hydrogens is 220 g/mol. The smallest absolute Gasteiger partial charge is 0.0105 e. The highest BCUT2D eigenvalue weighted by Crippen LogP contribution is 2.39. The van der Waals surface area contributed by atoms with Crippen molar-refractivity contribution in [3.05, 3.63) is 0 Å².